The van der Waals surface area contributed by atoms with Gasteiger partial charge in [-0.25, -0.2) is 4.98 Å². The molecule has 0 fully saturated rings. The molecule has 0 spiro atoms. The third-order valence-electron chi connectivity index (χ3n) is 4.07. The van der Waals surface area contributed by atoms with Crippen LogP contribution in [0.25, 0.3) is 10.6 Å². The van der Waals surface area contributed by atoms with Crippen LogP contribution in [-0.4, -0.2) is 28.6 Å². The molecule has 0 radical (unpaired) electrons. The number of amides is 2. The zero-order valence-corrected chi connectivity index (χ0v) is 16.7. The summed E-state index contributed by atoms with van der Waals surface area (Å²) in [6.45, 7) is 0. The summed E-state index contributed by atoms with van der Waals surface area (Å²) in [4.78, 5) is 29.8. The number of para-hydroxylation sites is 1. The lowest BCUT2D eigenvalue weighted by Crippen LogP contribution is -2.39. The molecule has 0 bridgehead atoms. The molecule has 1 aromatic carbocycles. The highest BCUT2D eigenvalue weighted by molar-refractivity contribution is 7.20. The quantitative estimate of drug-likeness (QED) is 0.644. The van der Waals surface area contributed by atoms with Gasteiger partial charge in [-0.3, -0.25) is 19.9 Å². The van der Waals surface area contributed by atoms with Crippen molar-refractivity contribution < 1.29 is 9.59 Å². The van der Waals surface area contributed by atoms with E-state index in [-0.39, 0.29) is 12.1 Å². The predicted molar refractivity (Wildman–Crippen MR) is 113 cm³/mol. The lowest BCUT2D eigenvalue weighted by molar-refractivity contribution is -0.119. The number of rotatable bonds is 5. The number of thiophene rings is 1. The van der Waals surface area contributed by atoms with Gasteiger partial charge in [-0.15, -0.1) is 22.7 Å². The van der Waals surface area contributed by atoms with Gasteiger partial charge < -0.3 is 5.73 Å². The van der Waals surface area contributed by atoms with E-state index >= 15 is 0 Å². The Morgan fingerprint density at radius 2 is 2.00 bits per heavy atom. The molecule has 3 N–H and O–H groups in total. The molecule has 7 nitrogen and oxygen atoms in total. The van der Waals surface area contributed by atoms with Crippen molar-refractivity contribution in [1.82, 2.24) is 4.98 Å². The van der Waals surface area contributed by atoms with Crippen LogP contribution in [0.15, 0.2) is 52.9 Å². The Balaban J connectivity index is 1.52. The number of primary amides is 1. The third kappa shape index (κ3) is 3.77. The third-order valence-corrected chi connectivity index (χ3v) is 6.08. The van der Waals surface area contributed by atoms with Gasteiger partial charge in [0.25, 0.3) is 5.91 Å². The van der Waals surface area contributed by atoms with Gasteiger partial charge in [0.2, 0.25) is 5.91 Å². The number of carbonyl (C=O) groups excluding carboxylic acids is 2. The summed E-state index contributed by atoms with van der Waals surface area (Å²) in [6.07, 6.45) is 0.134. The number of hydrogen-bond acceptors (Lipinski definition) is 7. The molecule has 2 aromatic heterocycles. The van der Waals surface area contributed by atoms with E-state index in [1.165, 1.54) is 27.7 Å². The van der Waals surface area contributed by atoms with Crippen molar-refractivity contribution in [2.45, 2.75) is 12.5 Å². The average molecular weight is 432 g/mol. The zero-order valence-electron chi connectivity index (χ0n) is 14.3. The fourth-order valence-electron chi connectivity index (χ4n) is 2.75. The summed E-state index contributed by atoms with van der Waals surface area (Å²) < 4.78 is 0.674. The fourth-order valence-corrected chi connectivity index (χ4v) is 4.54. The summed E-state index contributed by atoms with van der Waals surface area (Å²) >= 11 is 8.68. The summed E-state index contributed by atoms with van der Waals surface area (Å²) in [5, 5.41) is 10.8. The number of halogens is 1. The minimum atomic E-state index is -0.705. The second-order valence-corrected chi connectivity index (χ2v) is 8.52. The van der Waals surface area contributed by atoms with Crippen LogP contribution in [0.2, 0.25) is 4.34 Å². The van der Waals surface area contributed by atoms with Gasteiger partial charge in [-0.05, 0) is 24.3 Å². The molecule has 2 amide bonds. The summed E-state index contributed by atoms with van der Waals surface area (Å²) in [7, 11) is 0. The van der Waals surface area contributed by atoms with E-state index in [0.29, 0.717) is 15.2 Å². The van der Waals surface area contributed by atoms with Crippen LogP contribution in [0.3, 0.4) is 0 Å². The van der Waals surface area contributed by atoms with E-state index in [1.54, 1.807) is 18.2 Å². The number of hydrazone groups is 1. The largest absolute Gasteiger partial charge is 0.368 e. The highest BCUT2D eigenvalue weighted by Crippen LogP contribution is 2.33. The molecule has 3 heterocycles. The van der Waals surface area contributed by atoms with E-state index in [4.69, 9.17) is 17.3 Å². The van der Waals surface area contributed by atoms with Crippen LogP contribution >= 0.6 is 34.3 Å². The molecule has 28 heavy (non-hydrogen) atoms. The van der Waals surface area contributed by atoms with Crippen LogP contribution in [0.4, 0.5) is 10.8 Å². The molecular formula is C18H14ClN5O2S2. The van der Waals surface area contributed by atoms with Crippen molar-refractivity contribution in [2.75, 3.05) is 10.3 Å². The lowest BCUT2D eigenvalue weighted by atomic mass is 10.1. The van der Waals surface area contributed by atoms with Crippen LogP contribution in [0, 0.1) is 0 Å². The van der Waals surface area contributed by atoms with E-state index in [2.05, 4.69) is 15.4 Å². The molecule has 0 aliphatic carbocycles. The summed E-state index contributed by atoms with van der Waals surface area (Å²) in [6, 6.07) is 12.1. The number of nitrogens with one attached hydrogen (secondary N) is 1. The second-order valence-electron chi connectivity index (χ2n) is 5.94. The normalized spacial score (nSPS) is 16.1. The molecule has 1 atom stereocenters. The Morgan fingerprint density at radius 3 is 2.68 bits per heavy atom. The standard InChI is InChI=1S/C18H14ClN5O2S2/c19-15-7-6-14(28-15)12-9-27-18(21-12)22-17(26)11-8-13(16(20)25)24(23-11)10-4-2-1-3-5-10/h1-7,9,13H,8H2,(H2,20,25)(H,21,22,26)/t13-/m1/s1. The van der Waals surface area contributed by atoms with Crippen molar-refractivity contribution in [3.8, 4) is 10.6 Å². The van der Waals surface area contributed by atoms with Crippen LogP contribution in [0.5, 0.6) is 0 Å². The Bertz CT molecular complexity index is 1060. The molecular weight excluding hydrogens is 418 g/mol. The van der Waals surface area contributed by atoms with Crippen molar-refractivity contribution in [2.24, 2.45) is 10.8 Å². The lowest BCUT2D eigenvalue weighted by Gasteiger charge is -2.20. The van der Waals surface area contributed by atoms with Gasteiger partial charge in [0, 0.05) is 11.8 Å². The highest BCUT2D eigenvalue weighted by Gasteiger charge is 2.35. The highest BCUT2D eigenvalue weighted by atomic mass is 35.5. The van der Waals surface area contributed by atoms with E-state index in [1.807, 2.05) is 29.6 Å². The minimum absolute atomic E-state index is 0.134. The smallest absolute Gasteiger partial charge is 0.273 e. The number of anilines is 2. The first-order valence-corrected chi connectivity index (χ1v) is 10.3. The Morgan fingerprint density at radius 1 is 1.21 bits per heavy atom. The van der Waals surface area contributed by atoms with E-state index in [0.717, 1.165) is 10.6 Å². The number of hydrogen-bond donors (Lipinski definition) is 2. The zero-order chi connectivity index (χ0) is 19.7. The number of nitrogens with zero attached hydrogens (tertiary/aromatic N) is 3. The molecule has 0 unspecified atom stereocenters. The maximum atomic E-state index is 12.6. The Kier molecular flexibility index (Phi) is 5.12. The first kappa shape index (κ1) is 18.6. The predicted octanol–water partition coefficient (Wildman–Crippen LogP) is 3.58. The van der Waals surface area contributed by atoms with Gasteiger partial charge in [-0.2, -0.15) is 5.10 Å². The molecule has 10 heteroatoms. The first-order valence-electron chi connectivity index (χ1n) is 8.25. The van der Waals surface area contributed by atoms with Gasteiger partial charge in [0.1, 0.15) is 11.8 Å². The van der Waals surface area contributed by atoms with Crippen molar-refractivity contribution >= 4 is 62.6 Å². The molecule has 1 aliphatic rings. The second kappa shape index (κ2) is 7.70. The number of carbonyl (C=O) groups is 2. The molecule has 4 rings (SSSR count). The van der Waals surface area contributed by atoms with Crippen LogP contribution in [0.1, 0.15) is 6.42 Å². The maximum absolute atomic E-state index is 12.6. The number of benzene rings is 1. The van der Waals surface area contributed by atoms with Gasteiger partial charge in [-0.1, -0.05) is 29.8 Å². The summed E-state index contributed by atoms with van der Waals surface area (Å²) in [5.74, 6) is -0.948. The minimum Gasteiger partial charge on any atom is -0.368 e. The summed E-state index contributed by atoms with van der Waals surface area (Å²) in [5.41, 5.74) is 7.17. The van der Waals surface area contributed by atoms with Crippen molar-refractivity contribution in [3.05, 3.63) is 52.2 Å². The number of aromatic nitrogens is 1. The van der Waals surface area contributed by atoms with Crippen LogP contribution < -0.4 is 16.1 Å². The van der Waals surface area contributed by atoms with E-state index < -0.39 is 17.9 Å². The van der Waals surface area contributed by atoms with Gasteiger partial charge in [0.05, 0.1) is 20.6 Å². The topological polar surface area (TPSA) is 101 Å². The van der Waals surface area contributed by atoms with Crippen molar-refractivity contribution in [1.29, 1.82) is 0 Å². The molecule has 0 saturated heterocycles. The van der Waals surface area contributed by atoms with Gasteiger partial charge in [0.15, 0.2) is 5.13 Å². The SMILES string of the molecule is NC(=O)[C@H]1CC(C(=O)Nc2nc(-c3ccc(Cl)s3)cs2)=NN1c1ccccc1. The number of thiazole rings is 1. The molecule has 142 valence electrons. The first-order chi connectivity index (χ1) is 13.5. The number of nitrogens with two attached hydrogens (primary N) is 1. The monoisotopic (exact) mass is 431 g/mol. The van der Waals surface area contributed by atoms with Crippen LogP contribution in [-0.2, 0) is 9.59 Å². The average Bonchev–Trinajstić information content (AvgIpc) is 3.41. The van der Waals surface area contributed by atoms with E-state index in [9.17, 15) is 9.59 Å². The van der Waals surface area contributed by atoms with Crippen molar-refractivity contribution in [3.63, 3.8) is 0 Å². The molecule has 3 aromatic rings. The maximum Gasteiger partial charge on any atom is 0.273 e. The Labute approximate surface area is 173 Å². The Hall–Kier alpha value is -2.75. The fraction of sp³-hybridized carbons (Fsp3) is 0.111. The molecule has 1 aliphatic heterocycles. The molecule has 0 saturated carbocycles. The van der Waals surface area contributed by atoms with Gasteiger partial charge >= 0.3 is 0 Å².